The zero-order valence-electron chi connectivity index (χ0n) is 17.5. The lowest BCUT2D eigenvalue weighted by Crippen LogP contribution is -2.52. The van der Waals surface area contributed by atoms with E-state index in [-0.39, 0.29) is 11.5 Å². The highest BCUT2D eigenvalue weighted by Crippen LogP contribution is 2.53. The van der Waals surface area contributed by atoms with Crippen LogP contribution in [0.3, 0.4) is 0 Å². The Morgan fingerprint density at radius 1 is 1.19 bits per heavy atom. The van der Waals surface area contributed by atoms with Gasteiger partial charge in [-0.05, 0) is 81.1 Å². The van der Waals surface area contributed by atoms with Crippen molar-refractivity contribution in [2.75, 3.05) is 18.0 Å². The van der Waals surface area contributed by atoms with Crippen LogP contribution in [0, 0.1) is 11.6 Å². The normalized spacial score (nSPS) is 19.5. The van der Waals surface area contributed by atoms with Crippen molar-refractivity contribution >= 4 is 23.2 Å². The van der Waals surface area contributed by atoms with Gasteiger partial charge in [0.2, 0.25) is 0 Å². The number of fused-ring (bicyclic) bond motifs is 2. The van der Waals surface area contributed by atoms with Gasteiger partial charge in [-0.15, -0.1) is 6.58 Å². The molecule has 1 fully saturated rings. The lowest BCUT2D eigenvalue weighted by atomic mass is 9.68. The first-order chi connectivity index (χ1) is 15.0. The van der Waals surface area contributed by atoms with E-state index in [4.69, 9.17) is 11.6 Å². The predicted octanol–water partition coefficient (Wildman–Crippen LogP) is 6.01. The van der Waals surface area contributed by atoms with Gasteiger partial charge >= 0.3 is 0 Å². The summed E-state index contributed by atoms with van der Waals surface area (Å²) in [4.78, 5) is 15.3. The first kappa shape index (κ1) is 22.0. The smallest absolute Gasteiger partial charge is 0.264 e. The molecule has 2 heterocycles. The van der Waals surface area contributed by atoms with E-state index in [0.717, 1.165) is 69.3 Å². The highest BCUT2D eigenvalue weighted by Gasteiger charge is 2.53. The molecule has 0 saturated carbocycles. The molecule has 1 N–H and O–H groups in total. The van der Waals surface area contributed by atoms with Crippen LogP contribution >= 0.6 is 11.6 Å². The minimum absolute atomic E-state index is 0.181. The molecule has 0 radical (unpaired) electrons. The molecule has 0 unspecified atom stereocenters. The molecule has 1 saturated heterocycles. The maximum Gasteiger partial charge on any atom is 0.264 e. The minimum atomic E-state index is -0.836. The number of piperidine rings is 1. The molecule has 6 heteroatoms. The zero-order valence-corrected chi connectivity index (χ0v) is 18.2. The third kappa shape index (κ3) is 3.90. The predicted molar refractivity (Wildman–Crippen MR) is 121 cm³/mol. The van der Waals surface area contributed by atoms with Gasteiger partial charge in [-0.3, -0.25) is 4.79 Å². The van der Waals surface area contributed by atoms with Crippen molar-refractivity contribution in [1.82, 2.24) is 5.32 Å². The van der Waals surface area contributed by atoms with Crippen LogP contribution in [0.4, 0.5) is 14.5 Å². The molecule has 1 spiro atoms. The highest BCUT2D eigenvalue weighted by atomic mass is 35.5. The van der Waals surface area contributed by atoms with Gasteiger partial charge in [-0.2, -0.15) is 0 Å². The van der Waals surface area contributed by atoms with Crippen LogP contribution in [-0.4, -0.2) is 25.0 Å². The maximum atomic E-state index is 14.6. The van der Waals surface area contributed by atoms with Crippen LogP contribution in [0.25, 0.3) is 0 Å². The lowest BCUT2D eigenvalue weighted by Gasteiger charge is -2.42. The number of allylic oxidation sites excluding steroid dienone is 1. The summed E-state index contributed by atoms with van der Waals surface area (Å²) >= 11 is 6.36. The number of anilines is 1. The Morgan fingerprint density at radius 3 is 2.58 bits per heavy atom. The van der Waals surface area contributed by atoms with Crippen LogP contribution in [0.15, 0.2) is 49.1 Å². The summed E-state index contributed by atoms with van der Waals surface area (Å²) in [7, 11) is 0. The number of unbranched alkanes of at least 4 members (excludes halogenated alkanes) is 2. The van der Waals surface area contributed by atoms with E-state index in [9.17, 15) is 13.6 Å². The number of hydrogen-bond acceptors (Lipinski definition) is 2. The van der Waals surface area contributed by atoms with Gasteiger partial charge in [-0.1, -0.05) is 30.2 Å². The summed E-state index contributed by atoms with van der Waals surface area (Å²) in [5.41, 5.74) is 0.954. The van der Waals surface area contributed by atoms with Gasteiger partial charge in [0.05, 0.1) is 0 Å². The quantitative estimate of drug-likeness (QED) is 0.436. The second kappa shape index (κ2) is 9.09. The molecule has 31 heavy (non-hydrogen) atoms. The van der Waals surface area contributed by atoms with Gasteiger partial charge in [-0.25, -0.2) is 8.78 Å². The number of amides is 1. The molecule has 3 nitrogen and oxygen atoms in total. The number of benzene rings is 2. The average molecular weight is 445 g/mol. The summed E-state index contributed by atoms with van der Waals surface area (Å²) in [6.07, 6.45) is 7.09. The number of hydrogen-bond donors (Lipinski definition) is 1. The minimum Gasteiger partial charge on any atom is -0.317 e. The Balaban J connectivity index is 1.82. The largest absolute Gasteiger partial charge is 0.317 e. The van der Waals surface area contributed by atoms with E-state index in [1.807, 2.05) is 18.2 Å². The van der Waals surface area contributed by atoms with Crippen LogP contribution in [0.2, 0.25) is 5.02 Å². The van der Waals surface area contributed by atoms with Crippen LogP contribution in [0.1, 0.15) is 54.4 Å². The summed E-state index contributed by atoms with van der Waals surface area (Å²) in [6, 6.07) is 8.86. The summed E-state index contributed by atoms with van der Waals surface area (Å²) in [6.45, 7) is 5.44. The molecule has 0 aliphatic carbocycles. The Kier molecular flexibility index (Phi) is 6.44. The third-order valence-corrected chi connectivity index (χ3v) is 6.97. The second-order valence-corrected chi connectivity index (χ2v) is 8.86. The monoisotopic (exact) mass is 444 g/mol. The third-order valence-electron chi connectivity index (χ3n) is 6.73. The first-order valence-electron chi connectivity index (χ1n) is 10.9. The molecule has 1 atom stereocenters. The van der Waals surface area contributed by atoms with Crippen molar-refractivity contribution in [2.45, 2.75) is 50.0 Å². The standard InChI is InChI=1S/C25H27ClF2N2O/c1-2-3-4-5-9-22-25(12-14-29-15-13-25)18-16-17(26)10-11-21(18)30(22)24(31)23-19(27)7-6-8-20(23)28/h2,6-8,10-11,16,22,29H,1,3-5,9,12-15H2/t22-/m1/s1. The van der Waals surface area contributed by atoms with Crippen molar-refractivity contribution in [3.05, 3.63) is 76.8 Å². The summed E-state index contributed by atoms with van der Waals surface area (Å²) < 4.78 is 29.2. The molecule has 0 aromatic heterocycles. The zero-order chi connectivity index (χ0) is 22.0. The molecule has 2 aliphatic rings. The van der Waals surface area contributed by atoms with Gasteiger partial charge < -0.3 is 10.2 Å². The van der Waals surface area contributed by atoms with Crippen LogP contribution < -0.4 is 10.2 Å². The molecule has 2 aromatic carbocycles. The molecule has 0 bridgehead atoms. The van der Waals surface area contributed by atoms with E-state index in [0.29, 0.717) is 10.7 Å². The molecule has 1 amide bonds. The topological polar surface area (TPSA) is 32.3 Å². The van der Waals surface area contributed by atoms with Gasteiger partial charge in [0.25, 0.3) is 5.91 Å². The molecular weight excluding hydrogens is 418 g/mol. The first-order valence-corrected chi connectivity index (χ1v) is 11.3. The maximum absolute atomic E-state index is 14.6. The summed E-state index contributed by atoms with van der Waals surface area (Å²) in [5.74, 6) is -2.29. The number of rotatable bonds is 6. The average Bonchev–Trinajstić information content (AvgIpc) is 3.00. The van der Waals surface area contributed by atoms with Crippen molar-refractivity contribution in [3.8, 4) is 0 Å². The Bertz CT molecular complexity index is 967. The van der Waals surface area contributed by atoms with E-state index in [1.54, 1.807) is 11.0 Å². The van der Waals surface area contributed by atoms with E-state index in [2.05, 4.69) is 11.9 Å². The number of carbonyl (C=O) groups is 1. The number of nitrogens with zero attached hydrogens (tertiary/aromatic N) is 1. The fourth-order valence-corrected chi connectivity index (χ4v) is 5.46. The Hall–Kier alpha value is -2.24. The van der Waals surface area contributed by atoms with Crippen molar-refractivity contribution < 1.29 is 13.6 Å². The van der Waals surface area contributed by atoms with Crippen molar-refractivity contribution in [1.29, 1.82) is 0 Å². The molecule has 164 valence electrons. The van der Waals surface area contributed by atoms with Crippen LogP contribution in [0.5, 0.6) is 0 Å². The Labute approximate surface area is 187 Å². The van der Waals surface area contributed by atoms with E-state index >= 15 is 0 Å². The highest BCUT2D eigenvalue weighted by molar-refractivity contribution is 6.30. The van der Waals surface area contributed by atoms with Gasteiger partial charge in [0.15, 0.2) is 0 Å². The van der Waals surface area contributed by atoms with Crippen LogP contribution in [-0.2, 0) is 5.41 Å². The molecular formula is C25H27ClF2N2O. The van der Waals surface area contributed by atoms with Crippen molar-refractivity contribution in [3.63, 3.8) is 0 Å². The SMILES string of the molecule is C=CCCCC[C@H]1N(C(=O)c2c(F)cccc2F)c2ccc(Cl)cc2C12CCNCC2. The fourth-order valence-electron chi connectivity index (χ4n) is 5.29. The number of halogens is 3. The van der Waals surface area contributed by atoms with Crippen molar-refractivity contribution in [2.24, 2.45) is 0 Å². The van der Waals surface area contributed by atoms with Gasteiger partial charge in [0.1, 0.15) is 17.2 Å². The lowest BCUT2D eigenvalue weighted by molar-refractivity contribution is 0.0952. The number of carbonyl (C=O) groups excluding carboxylic acids is 1. The van der Waals surface area contributed by atoms with E-state index in [1.165, 1.54) is 6.07 Å². The van der Waals surface area contributed by atoms with E-state index < -0.39 is 23.1 Å². The number of nitrogens with one attached hydrogen (secondary N) is 1. The van der Waals surface area contributed by atoms with Gasteiger partial charge in [0, 0.05) is 22.2 Å². The molecule has 2 aliphatic heterocycles. The molecule has 4 rings (SSSR count). The second-order valence-electron chi connectivity index (χ2n) is 8.43. The Morgan fingerprint density at radius 2 is 1.90 bits per heavy atom. The fraction of sp³-hybridized carbons (Fsp3) is 0.400. The summed E-state index contributed by atoms with van der Waals surface area (Å²) in [5, 5.41) is 4.01. The molecule has 2 aromatic rings.